The number of hydrogen-bond donors (Lipinski definition) is 0. The molecule has 0 atom stereocenters. The molecule has 0 radical (unpaired) electrons. The molecule has 0 spiro atoms. The van der Waals surface area contributed by atoms with E-state index >= 15 is 0 Å². The molecule has 22 heavy (non-hydrogen) atoms. The molecule has 2 aromatic rings. The molecule has 0 N–H and O–H groups in total. The Bertz CT molecular complexity index is 634. The summed E-state index contributed by atoms with van der Waals surface area (Å²) in [5.74, 6) is 2.90. The lowest BCUT2D eigenvalue weighted by atomic mass is 10.0. The van der Waals surface area contributed by atoms with Crippen molar-refractivity contribution < 1.29 is 9.47 Å². The van der Waals surface area contributed by atoms with Crippen molar-refractivity contribution >= 4 is 54.5 Å². The largest absolute Gasteiger partial charge is 0.496 e. The fourth-order valence-corrected chi connectivity index (χ4v) is 2.96. The predicted octanol–water partition coefficient (Wildman–Crippen LogP) is 6.95. The standard InChI is InChI=1S/C17H17Br2IO2/c1-11(2)15-10-14(8-9-16(15)21-3)22-13-6-4-12(5-7-13)17(18,19)20/h4-11H,1-3H3. The molecule has 0 aromatic heterocycles. The van der Waals surface area contributed by atoms with Gasteiger partial charge in [0.1, 0.15) is 17.2 Å². The lowest BCUT2D eigenvalue weighted by molar-refractivity contribution is 0.405. The summed E-state index contributed by atoms with van der Waals surface area (Å²) in [6, 6.07) is 13.9. The van der Waals surface area contributed by atoms with Crippen LogP contribution in [0.2, 0.25) is 0 Å². The van der Waals surface area contributed by atoms with Gasteiger partial charge in [0.15, 0.2) is 1.24 Å². The average molecular weight is 540 g/mol. The van der Waals surface area contributed by atoms with E-state index in [0.717, 1.165) is 28.4 Å². The SMILES string of the molecule is COc1ccc(Oc2ccc(C(Br)(Br)I)cc2)cc1C(C)C. The van der Waals surface area contributed by atoms with Gasteiger partial charge in [-0.1, -0.05) is 57.8 Å². The first kappa shape index (κ1) is 18.1. The zero-order valence-electron chi connectivity index (χ0n) is 12.6. The molecule has 2 nitrogen and oxygen atoms in total. The number of benzene rings is 2. The van der Waals surface area contributed by atoms with Crippen molar-refractivity contribution in [2.45, 2.75) is 21.0 Å². The fraction of sp³-hybridized carbons (Fsp3) is 0.294. The Labute approximate surface area is 162 Å². The van der Waals surface area contributed by atoms with Gasteiger partial charge in [-0.25, -0.2) is 0 Å². The summed E-state index contributed by atoms with van der Waals surface area (Å²) in [6.45, 7) is 4.28. The molecule has 0 unspecified atom stereocenters. The van der Waals surface area contributed by atoms with Gasteiger partial charge in [-0.3, -0.25) is 0 Å². The van der Waals surface area contributed by atoms with Gasteiger partial charge in [0, 0.05) is 5.56 Å². The third-order valence-electron chi connectivity index (χ3n) is 3.24. The quantitative estimate of drug-likeness (QED) is 0.302. The van der Waals surface area contributed by atoms with Crippen LogP contribution in [0.4, 0.5) is 0 Å². The maximum Gasteiger partial charge on any atom is 0.156 e. The number of alkyl halides is 3. The minimum Gasteiger partial charge on any atom is -0.496 e. The van der Waals surface area contributed by atoms with Crippen molar-refractivity contribution in [1.82, 2.24) is 0 Å². The van der Waals surface area contributed by atoms with Crippen LogP contribution in [0.3, 0.4) is 0 Å². The van der Waals surface area contributed by atoms with Gasteiger partial charge in [-0.2, -0.15) is 0 Å². The van der Waals surface area contributed by atoms with Crippen LogP contribution < -0.4 is 9.47 Å². The second-order valence-corrected chi connectivity index (χ2v) is 13.2. The summed E-state index contributed by atoms with van der Waals surface area (Å²) in [6.07, 6.45) is 0. The molecule has 0 aliphatic carbocycles. The zero-order valence-corrected chi connectivity index (χ0v) is 17.9. The Morgan fingerprint density at radius 2 is 1.59 bits per heavy atom. The van der Waals surface area contributed by atoms with Crippen LogP contribution in [0, 0.1) is 0 Å². The highest BCUT2D eigenvalue weighted by Crippen LogP contribution is 2.45. The summed E-state index contributed by atoms with van der Waals surface area (Å²) in [5, 5.41) is 0. The molecule has 5 heteroatoms. The normalized spacial score (nSPS) is 11.6. The second kappa shape index (κ2) is 7.53. The Morgan fingerprint density at radius 1 is 1.00 bits per heavy atom. The zero-order chi connectivity index (χ0) is 16.3. The van der Waals surface area contributed by atoms with Gasteiger partial charge in [0.05, 0.1) is 7.11 Å². The molecule has 0 amide bonds. The van der Waals surface area contributed by atoms with Gasteiger partial charge < -0.3 is 9.47 Å². The molecule has 0 fully saturated rings. The van der Waals surface area contributed by atoms with Crippen LogP contribution in [-0.2, 0) is 1.24 Å². The monoisotopic (exact) mass is 538 g/mol. The van der Waals surface area contributed by atoms with Crippen LogP contribution in [-0.4, -0.2) is 7.11 Å². The molecule has 0 aliphatic heterocycles. The van der Waals surface area contributed by atoms with Crippen molar-refractivity contribution in [3.8, 4) is 17.2 Å². The predicted molar refractivity (Wildman–Crippen MR) is 107 cm³/mol. The Hall–Kier alpha value is -0.270. The lowest BCUT2D eigenvalue weighted by Crippen LogP contribution is -1.97. The van der Waals surface area contributed by atoms with Gasteiger partial charge in [0.25, 0.3) is 0 Å². The minimum atomic E-state index is -0.249. The van der Waals surface area contributed by atoms with Crippen LogP contribution in [0.15, 0.2) is 42.5 Å². The molecule has 0 bridgehead atoms. The van der Waals surface area contributed by atoms with Crippen molar-refractivity contribution in [2.75, 3.05) is 7.11 Å². The van der Waals surface area contributed by atoms with Crippen molar-refractivity contribution in [1.29, 1.82) is 0 Å². The Morgan fingerprint density at radius 3 is 2.09 bits per heavy atom. The molecule has 0 heterocycles. The summed E-state index contributed by atoms with van der Waals surface area (Å²) >= 11 is 9.41. The van der Waals surface area contributed by atoms with Gasteiger partial charge in [0.2, 0.25) is 0 Å². The first-order valence-corrected chi connectivity index (χ1v) is 9.51. The van der Waals surface area contributed by atoms with Crippen molar-refractivity contribution in [3.05, 3.63) is 53.6 Å². The van der Waals surface area contributed by atoms with Crippen molar-refractivity contribution in [2.24, 2.45) is 0 Å². The Kier molecular flexibility index (Phi) is 6.19. The van der Waals surface area contributed by atoms with E-state index in [-0.39, 0.29) is 1.24 Å². The number of hydrogen-bond acceptors (Lipinski definition) is 2. The number of methoxy groups -OCH3 is 1. The first-order chi connectivity index (χ1) is 10.3. The molecular weight excluding hydrogens is 523 g/mol. The van der Waals surface area contributed by atoms with Gasteiger partial charge in [-0.05, 0) is 64.4 Å². The summed E-state index contributed by atoms with van der Waals surface area (Å²) in [7, 11) is 1.69. The molecule has 2 rings (SSSR count). The minimum absolute atomic E-state index is 0.249. The Balaban J connectivity index is 2.22. The van der Waals surface area contributed by atoms with Crippen LogP contribution in [0.5, 0.6) is 17.2 Å². The highest BCUT2D eigenvalue weighted by atomic mass is 127. The van der Waals surface area contributed by atoms with Crippen LogP contribution >= 0.6 is 54.5 Å². The highest BCUT2D eigenvalue weighted by Gasteiger charge is 2.20. The van der Waals surface area contributed by atoms with Gasteiger partial charge in [-0.15, -0.1) is 0 Å². The molecule has 0 saturated heterocycles. The third-order valence-corrected chi connectivity index (χ3v) is 4.78. The fourth-order valence-electron chi connectivity index (χ4n) is 2.08. The van der Waals surface area contributed by atoms with E-state index in [2.05, 4.69) is 68.3 Å². The van der Waals surface area contributed by atoms with E-state index in [1.807, 2.05) is 42.5 Å². The second-order valence-electron chi connectivity index (χ2n) is 5.18. The topological polar surface area (TPSA) is 18.5 Å². The number of halogens is 3. The summed E-state index contributed by atoms with van der Waals surface area (Å²) < 4.78 is 11.1. The van der Waals surface area contributed by atoms with E-state index in [1.165, 1.54) is 0 Å². The van der Waals surface area contributed by atoms with Crippen LogP contribution in [0.25, 0.3) is 0 Å². The van der Waals surface area contributed by atoms with Crippen molar-refractivity contribution in [3.63, 3.8) is 0 Å². The smallest absolute Gasteiger partial charge is 0.156 e. The number of rotatable bonds is 5. The van der Waals surface area contributed by atoms with E-state index < -0.39 is 0 Å². The van der Waals surface area contributed by atoms with E-state index in [4.69, 9.17) is 9.47 Å². The number of ether oxygens (including phenoxy) is 2. The molecular formula is C17H17Br2IO2. The van der Waals surface area contributed by atoms with E-state index in [9.17, 15) is 0 Å². The summed E-state index contributed by atoms with van der Waals surface area (Å²) in [4.78, 5) is 0. The lowest BCUT2D eigenvalue weighted by Gasteiger charge is -2.15. The molecule has 118 valence electrons. The maximum absolute atomic E-state index is 5.95. The average Bonchev–Trinajstić information content (AvgIpc) is 2.46. The molecule has 2 aromatic carbocycles. The van der Waals surface area contributed by atoms with Gasteiger partial charge >= 0.3 is 0 Å². The molecule has 0 saturated carbocycles. The maximum atomic E-state index is 5.95. The summed E-state index contributed by atoms with van der Waals surface area (Å²) in [5.41, 5.74) is 2.27. The highest BCUT2D eigenvalue weighted by molar-refractivity contribution is 14.1. The first-order valence-electron chi connectivity index (χ1n) is 6.84. The molecule has 0 aliphatic rings. The third kappa shape index (κ3) is 4.61. The van der Waals surface area contributed by atoms with E-state index in [1.54, 1.807) is 7.11 Å². The van der Waals surface area contributed by atoms with E-state index in [0.29, 0.717) is 5.92 Å². The van der Waals surface area contributed by atoms with Crippen LogP contribution in [0.1, 0.15) is 30.9 Å².